The third kappa shape index (κ3) is 3.86. The van der Waals surface area contributed by atoms with Crippen molar-refractivity contribution in [3.05, 3.63) is 29.7 Å². The number of nitrogens with zero attached hydrogens (tertiary/aromatic N) is 3. The molecule has 0 atom stereocenters. The van der Waals surface area contributed by atoms with Gasteiger partial charge < -0.3 is 5.32 Å². The Morgan fingerprint density at radius 1 is 1.56 bits per heavy atom. The van der Waals surface area contributed by atoms with Gasteiger partial charge in [-0.15, -0.1) is 6.58 Å². The van der Waals surface area contributed by atoms with Gasteiger partial charge in [-0.25, -0.2) is 9.97 Å². The minimum Gasteiger partial charge on any atom is -0.352 e. The molecule has 0 saturated carbocycles. The molecule has 0 unspecified atom stereocenters. The van der Waals surface area contributed by atoms with Crippen molar-refractivity contribution in [3.63, 3.8) is 0 Å². The van der Waals surface area contributed by atoms with Gasteiger partial charge in [0.2, 0.25) is 5.91 Å². The van der Waals surface area contributed by atoms with E-state index in [0.29, 0.717) is 28.7 Å². The lowest BCUT2D eigenvalue weighted by Crippen LogP contribution is -2.25. The molecule has 1 heterocycles. The molecule has 0 radical (unpaired) electrons. The van der Waals surface area contributed by atoms with Crippen molar-refractivity contribution in [2.45, 2.75) is 18.9 Å². The zero-order valence-corrected chi connectivity index (χ0v) is 11.2. The molecule has 1 rings (SSSR count). The molecule has 0 spiro atoms. The van der Waals surface area contributed by atoms with Gasteiger partial charge in [-0.2, -0.15) is 5.26 Å². The number of carbonyl (C=O) groups is 1. The van der Waals surface area contributed by atoms with Crippen LogP contribution >= 0.6 is 11.8 Å². The van der Waals surface area contributed by atoms with Gasteiger partial charge >= 0.3 is 0 Å². The smallest absolute Gasteiger partial charge is 0.230 e. The van der Waals surface area contributed by atoms with Gasteiger partial charge in [-0.3, -0.25) is 4.79 Å². The van der Waals surface area contributed by atoms with E-state index in [0.717, 1.165) is 0 Å². The summed E-state index contributed by atoms with van der Waals surface area (Å²) in [6.45, 7) is 7.47. The summed E-state index contributed by atoms with van der Waals surface area (Å²) < 4.78 is 0. The fourth-order valence-electron chi connectivity index (χ4n) is 1.29. The van der Waals surface area contributed by atoms with Crippen molar-refractivity contribution in [2.24, 2.45) is 0 Å². The molecule has 0 aliphatic heterocycles. The number of aromatic nitrogens is 2. The second kappa shape index (κ2) is 6.77. The van der Waals surface area contributed by atoms with E-state index < -0.39 is 0 Å². The van der Waals surface area contributed by atoms with Gasteiger partial charge in [-0.05, 0) is 13.8 Å². The summed E-state index contributed by atoms with van der Waals surface area (Å²) in [4.78, 5) is 19.7. The lowest BCUT2D eigenvalue weighted by molar-refractivity contribution is -0.118. The molecular weight excluding hydrogens is 248 g/mol. The van der Waals surface area contributed by atoms with Crippen LogP contribution in [0.25, 0.3) is 0 Å². The number of rotatable bonds is 5. The van der Waals surface area contributed by atoms with Gasteiger partial charge in [-0.1, -0.05) is 17.8 Å². The molecule has 5 nitrogen and oxygen atoms in total. The molecule has 1 amide bonds. The van der Waals surface area contributed by atoms with Gasteiger partial charge in [0.15, 0.2) is 0 Å². The lowest BCUT2D eigenvalue weighted by Gasteiger charge is -2.06. The molecule has 0 aliphatic rings. The predicted molar refractivity (Wildman–Crippen MR) is 70.2 cm³/mol. The Kier molecular flexibility index (Phi) is 5.33. The van der Waals surface area contributed by atoms with Crippen molar-refractivity contribution >= 4 is 17.7 Å². The average Bonchev–Trinajstić information content (AvgIpc) is 2.33. The molecule has 0 saturated heterocycles. The maximum absolute atomic E-state index is 11.4. The minimum atomic E-state index is -0.113. The fourth-order valence-corrected chi connectivity index (χ4v) is 2.19. The van der Waals surface area contributed by atoms with E-state index >= 15 is 0 Å². The van der Waals surface area contributed by atoms with E-state index in [4.69, 9.17) is 5.26 Å². The van der Waals surface area contributed by atoms with Gasteiger partial charge in [0.05, 0.1) is 11.4 Å². The highest BCUT2D eigenvalue weighted by atomic mass is 32.2. The van der Waals surface area contributed by atoms with Crippen LogP contribution in [-0.4, -0.2) is 28.2 Å². The first-order valence-electron chi connectivity index (χ1n) is 5.34. The summed E-state index contributed by atoms with van der Waals surface area (Å²) >= 11 is 1.24. The first kappa shape index (κ1) is 14.2. The van der Waals surface area contributed by atoms with E-state index in [-0.39, 0.29) is 11.7 Å². The van der Waals surface area contributed by atoms with E-state index in [2.05, 4.69) is 27.9 Å². The molecule has 94 valence electrons. The number of nitriles is 1. The van der Waals surface area contributed by atoms with Crippen molar-refractivity contribution in [2.75, 3.05) is 12.3 Å². The molecule has 0 aliphatic carbocycles. The van der Waals surface area contributed by atoms with Crippen LogP contribution in [-0.2, 0) is 4.79 Å². The summed E-state index contributed by atoms with van der Waals surface area (Å²) in [6, 6.07) is 2.06. The van der Waals surface area contributed by atoms with E-state index in [1.54, 1.807) is 19.9 Å². The highest BCUT2D eigenvalue weighted by molar-refractivity contribution is 8.00. The summed E-state index contributed by atoms with van der Waals surface area (Å²) in [7, 11) is 0. The molecular formula is C12H14N4OS. The van der Waals surface area contributed by atoms with E-state index in [9.17, 15) is 4.79 Å². The van der Waals surface area contributed by atoms with Crippen LogP contribution in [0.15, 0.2) is 17.7 Å². The van der Waals surface area contributed by atoms with Crippen molar-refractivity contribution in [3.8, 4) is 6.07 Å². The third-order valence-corrected chi connectivity index (χ3v) is 3.04. The molecule has 0 bridgehead atoms. The number of amides is 1. The maximum atomic E-state index is 11.4. The van der Waals surface area contributed by atoms with Crippen molar-refractivity contribution in [1.82, 2.24) is 15.3 Å². The standard InChI is InChI=1S/C12H14N4OS/c1-4-5-14-11(17)7-18-12-10(6-13)8(2)15-9(3)16-12/h4H,1,5,7H2,2-3H3,(H,14,17). The van der Waals surface area contributed by atoms with E-state index in [1.807, 2.05) is 0 Å². The second-order valence-corrected chi connectivity index (χ2v) is 4.49. The molecule has 1 aromatic heterocycles. The van der Waals surface area contributed by atoms with Crippen LogP contribution in [0.5, 0.6) is 0 Å². The maximum Gasteiger partial charge on any atom is 0.230 e. The number of thioether (sulfide) groups is 1. The van der Waals surface area contributed by atoms with Crippen molar-refractivity contribution in [1.29, 1.82) is 5.26 Å². The largest absolute Gasteiger partial charge is 0.352 e. The van der Waals surface area contributed by atoms with Gasteiger partial charge in [0.25, 0.3) is 0 Å². The summed E-state index contributed by atoms with van der Waals surface area (Å²) in [5, 5.41) is 12.3. The Labute approximate surface area is 110 Å². The predicted octanol–water partition coefficient (Wildman–Crippen LogP) is 1.36. The number of hydrogen-bond acceptors (Lipinski definition) is 5. The van der Waals surface area contributed by atoms with Crippen LogP contribution in [0.4, 0.5) is 0 Å². The molecule has 1 N–H and O–H groups in total. The van der Waals surface area contributed by atoms with Gasteiger partial charge in [0, 0.05) is 6.54 Å². The fraction of sp³-hybridized carbons (Fsp3) is 0.333. The van der Waals surface area contributed by atoms with E-state index in [1.165, 1.54) is 11.8 Å². The molecule has 1 aromatic rings. The normalized spacial score (nSPS) is 9.61. The summed E-state index contributed by atoms with van der Waals surface area (Å²) in [6.07, 6.45) is 1.61. The van der Waals surface area contributed by atoms with Crippen LogP contribution in [0.2, 0.25) is 0 Å². The number of aryl methyl sites for hydroxylation is 2. The second-order valence-electron chi connectivity index (χ2n) is 3.53. The highest BCUT2D eigenvalue weighted by Gasteiger charge is 2.12. The summed E-state index contributed by atoms with van der Waals surface area (Å²) in [5.41, 5.74) is 1.07. The monoisotopic (exact) mass is 262 g/mol. The first-order valence-corrected chi connectivity index (χ1v) is 6.32. The SMILES string of the molecule is C=CCNC(=O)CSc1nc(C)nc(C)c1C#N. The number of nitrogens with one attached hydrogen (secondary N) is 1. The Morgan fingerprint density at radius 3 is 2.89 bits per heavy atom. The van der Waals surface area contributed by atoms with Crippen molar-refractivity contribution < 1.29 is 4.79 Å². The Bertz CT molecular complexity index is 508. The molecule has 6 heteroatoms. The van der Waals surface area contributed by atoms with Gasteiger partial charge in [0.1, 0.15) is 22.5 Å². The lowest BCUT2D eigenvalue weighted by atomic mass is 10.3. The minimum absolute atomic E-state index is 0.113. The average molecular weight is 262 g/mol. The summed E-state index contributed by atoms with van der Waals surface area (Å²) in [5.74, 6) is 0.705. The van der Waals surface area contributed by atoms with Crippen LogP contribution < -0.4 is 5.32 Å². The zero-order valence-electron chi connectivity index (χ0n) is 10.4. The third-order valence-electron chi connectivity index (χ3n) is 2.06. The highest BCUT2D eigenvalue weighted by Crippen LogP contribution is 2.21. The molecule has 0 fully saturated rings. The first-order chi connectivity index (χ1) is 8.58. The number of hydrogen-bond donors (Lipinski definition) is 1. The van der Waals surface area contributed by atoms with Crippen LogP contribution in [0, 0.1) is 25.2 Å². The number of carbonyl (C=O) groups excluding carboxylic acids is 1. The van der Waals surface area contributed by atoms with Crippen LogP contribution in [0.1, 0.15) is 17.1 Å². The zero-order chi connectivity index (χ0) is 13.5. The Hall–Kier alpha value is -1.87. The van der Waals surface area contributed by atoms with Crippen LogP contribution in [0.3, 0.4) is 0 Å². The Balaban J connectivity index is 2.76. The molecule has 0 aromatic carbocycles. The Morgan fingerprint density at radius 2 is 2.28 bits per heavy atom. The molecule has 18 heavy (non-hydrogen) atoms. The quantitative estimate of drug-likeness (QED) is 0.492. The topological polar surface area (TPSA) is 78.7 Å².